The van der Waals surface area contributed by atoms with E-state index < -0.39 is 23.2 Å². The quantitative estimate of drug-likeness (QED) is 0.274. The third kappa shape index (κ3) is 3.99. The number of halogens is 1. The van der Waals surface area contributed by atoms with Gasteiger partial charge in [-0.15, -0.1) is 12.4 Å². The van der Waals surface area contributed by atoms with Gasteiger partial charge in [0.1, 0.15) is 5.82 Å². The van der Waals surface area contributed by atoms with Gasteiger partial charge in [0.05, 0.1) is 23.7 Å². The van der Waals surface area contributed by atoms with Crippen LogP contribution in [-0.4, -0.2) is 37.4 Å². The van der Waals surface area contributed by atoms with Crippen LogP contribution in [0.25, 0.3) is 11.0 Å². The van der Waals surface area contributed by atoms with Crippen LogP contribution in [0.3, 0.4) is 0 Å². The number of para-hydroxylation sites is 2. The highest BCUT2D eigenvalue weighted by Crippen LogP contribution is 2.36. The summed E-state index contributed by atoms with van der Waals surface area (Å²) < 4.78 is 0. The van der Waals surface area contributed by atoms with Gasteiger partial charge in [-0.25, -0.2) is 10.4 Å². The number of rotatable bonds is 4. The molecule has 3 rings (SSSR count). The maximum atomic E-state index is 11.8. The molecule has 2 aromatic carbocycles. The fourth-order valence-electron chi connectivity index (χ4n) is 2.14. The normalized spacial score (nSPS) is 10.7. The molecule has 0 saturated carbocycles. The molecule has 0 aliphatic carbocycles. The van der Waals surface area contributed by atoms with Crippen LogP contribution in [0.1, 0.15) is 11.4 Å². The van der Waals surface area contributed by atoms with Crippen molar-refractivity contribution in [3.8, 4) is 17.2 Å². The van der Waals surface area contributed by atoms with E-state index in [1.54, 1.807) is 0 Å². The average molecular weight is 363 g/mol. The maximum absolute atomic E-state index is 11.8. The van der Waals surface area contributed by atoms with E-state index in [0.717, 1.165) is 17.2 Å². The molecule has 1 amide bonds. The number of aromatic hydroxyl groups is 3. The average Bonchev–Trinajstić information content (AvgIpc) is 2.97. The number of fused-ring (bicyclic) bond motifs is 1. The second-order valence-corrected chi connectivity index (χ2v) is 5.04. The molecule has 3 aromatic rings. The van der Waals surface area contributed by atoms with Crippen molar-refractivity contribution in [2.45, 2.75) is 6.42 Å². The lowest BCUT2D eigenvalue weighted by atomic mass is 10.2. The van der Waals surface area contributed by atoms with E-state index >= 15 is 0 Å². The minimum atomic E-state index is -0.646. The van der Waals surface area contributed by atoms with E-state index in [1.165, 1.54) is 12.1 Å². The summed E-state index contributed by atoms with van der Waals surface area (Å²) in [4.78, 5) is 19.2. The molecule has 0 bridgehead atoms. The Morgan fingerprint density at radius 3 is 2.68 bits per heavy atom. The first-order valence-corrected chi connectivity index (χ1v) is 7.04. The van der Waals surface area contributed by atoms with E-state index in [1.807, 2.05) is 24.3 Å². The lowest BCUT2D eigenvalue weighted by Crippen LogP contribution is -2.20. The second kappa shape index (κ2) is 7.54. The molecular formula is C16H15ClN4O4. The molecule has 0 aliphatic heterocycles. The third-order valence-corrected chi connectivity index (χ3v) is 3.32. The van der Waals surface area contributed by atoms with E-state index in [-0.39, 0.29) is 24.4 Å². The van der Waals surface area contributed by atoms with Gasteiger partial charge in [0.25, 0.3) is 0 Å². The molecule has 0 unspecified atom stereocenters. The lowest BCUT2D eigenvalue weighted by molar-refractivity contribution is -0.120. The number of phenolic OH excluding ortho intramolecular Hbond substituents is 3. The molecule has 8 nitrogen and oxygen atoms in total. The van der Waals surface area contributed by atoms with E-state index in [9.17, 15) is 20.1 Å². The minimum Gasteiger partial charge on any atom is -0.504 e. The predicted octanol–water partition coefficient (Wildman–Crippen LogP) is 1.79. The Labute approximate surface area is 148 Å². The first kappa shape index (κ1) is 18.1. The lowest BCUT2D eigenvalue weighted by Gasteiger charge is -2.03. The Balaban J connectivity index is 0.00000225. The van der Waals surface area contributed by atoms with Crippen LogP contribution in [0.4, 0.5) is 0 Å². The SMILES string of the molecule is Cl.O=C(Cc1nc2ccccc2[nH]1)NN=Cc1ccc(O)c(O)c1O. The highest BCUT2D eigenvalue weighted by Gasteiger charge is 2.10. The molecule has 0 spiro atoms. The number of imidazole rings is 1. The summed E-state index contributed by atoms with van der Waals surface area (Å²) in [6.45, 7) is 0. The number of carbonyl (C=O) groups excluding carboxylic acids is 1. The van der Waals surface area contributed by atoms with Crippen molar-refractivity contribution in [2.75, 3.05) is 0 Å². The summed E-state index contributed by atoms with van der Waals surface area (Å²) in [5.74, 6) is -1.50. The molecule has 1 heterocycles. The molecule has 25 heavy (non-hydrogen) atoms. The van der Waals surface area contributed by atoms with Crippen molar-refractivity contribution in [3.63, 3.8) is 0 Å². The molecule has 5 N–H and O–H groups in total. The predicted molar refractivity (Wildman–Crippen MR) is 94.2 cm³/mol. The molecule has 0 saturated heterocycles. The Morgan fingerprint density at radius 1 is 1.16 bits per heavy atom. The van der Waals surface area contributed by atoms with E-state index in [4.69, 9.17) is 0 Å². The smallest absolute Gasteiger partial charge is 0.247 e. The summed E-state index contributed by atoms with van der Waals surface area (Å²) in [5, 5.41) is 32.0. The van der Waals surface area contributed by atoms with Gasteiger partial charge in [0.15, 0.2) is 11.5 Å². The van der Waals surface area contributed by atoms with Gasteiger partial charge in [-0.3, -0.25) is 4.79 Å². The van der Waals surface area contributed by atoms with Crippen molar-refractivity contribution in [2.24, 2.45) is 5.10 Å². The van der Waals surface area contributed by atoms with Crippen LogP contribution in [0, 0.1) is 0 Å². The minimum absolute atomic E-state index is 0. The number of aromatic amines is 1. The number of hydrogen-bond acceptors (Lipinski definition) is 6. The second-order valence-electron chi connectivity index (χ2n) is 5.04. The van der Waals surface area contributed by atoms with Crippen LogP contribution >= 0.6 is 12.4 Å². The van der Waals surface area contributed by atoms with Gasteiger partial charge in [0, 0.05) is 5.56 Å². The number of aromatic nitrogens is 2. The number of nitrogens with one attached hydrogen (secondary N) is 2. The summed E-state index contributed by atoms with van der Waals surface area (Å²) in [5.41, 5.74) is 4.06. The molecule has 1 aromatic heterocycles. The van der Waals surface area contributed by atoms with Gasteiger partial charge >= 0.3 is 0 Å². The zero-order chi connectivity index (χ0) is 17.1. The third-order valence-electron chi connectivity index (χ3n) is 3.32. The molecule has 0 radical (unpaired) electrons. The molecule has 130 valence electrons. The van der Waals surface area contributed by atoms with Crippen LogP contribution in [0.2, 0.25) is 0 Å². The van der Waals surface area contributed by atoms with Gasteiger partial charge in [-0.1, -0.05) is 12.1 Å². The first-order valence-electron chi connectivity index (χ1n) is 7.04. The van der Waals surface area contributed by atoms with E-state index in [0.29, 0.717) is 5.82 Å². The zero-order valence-corrected chi connectivity index (χ0v) is 13.6. The number of hydrogen-bond donors (Lipinski definition) is 5. The van der Waals surface area contributed by atoms with Gasteiger partial charge < -0.3 is 20.3 Å². The largest absolute Gasteiger partial charge is 0.504 e. The number of phenols is 3. The number of carbonyl (C=O) groups is 1. The van der Waals surface area contributed by atoms with Gasteiger partial charge in [0.2, 0.25) is 11.7 Å². The summed E-state index contributed by atoms with van der Waals surface area (Å²) >= 11 is 0. The Hall–Kier alpha value is -3.26. The number of nitrogens with zero attached hydrogens (tertiary/aromatic N) is 2. The highest BCUT2D eigenvalue weighted by atomic mass is 35.5. The van der Waals surface area contributed by atoms with Gasteiger partial charge in [-0.2, -0.15) is 5.10 Å². The fraction of sp³-hybridized carbons (Fsp3) is 0.0625. The molecule has 0 aliphatic rings. The molecular weight excluding hydrogens is 348 g/mol. The Kier molecular flexibility index (Phi) is 5.45. The topological polar surface area (TPSA) is 131 Å². The number of H-pyrrole nitrogens is 1. The summed E-state index contributed by atoms with van der Waals surface area (Å²) in [6.07, 6.45) is 1.17. The molecule has 9 heteroatoms. The first-order chi connectivity index (χ1) is 11.5. The Bertz CT molecular complexity index is 906. The van der Waals surface area contributed by atoms with Crippen molar-refractivity contribution in [3.05, 3.63) is 47.8 Å². The molecule has 0 atom stereocenters. The van der Waals surface area contributed by atoms with Crippen molar-refractivity contribution in [1.82, 2.24) is 15.4 Å². The number of benzene rings is 2. The van der Waals surface area contributed by atoms with Crippen molar-refractivity contribution in [1.29, 1.82) is 0 Å². The van der Waals surface area contributed by atoms with Crippen LogP contribution in [0.5, 0.6) is 17.2 Å². The summed E-state index contributed by atoms with van der Waals surface area (Å²) in [6, 6.07) is 9.98. The van der Waals surface area contributed by atoms with Gasteiger partial charge in [-0.05, 0) is 24.3 Å². The summed E-state index contributed by atoms with van der Waals surface area (Å²) in [7, 11) is 0. The van der Waals surface area contributed by atoms with E-state index in [2.05, 4.69) is 20.5 Å². The highest BCUT2D eigenvalue weighted by molar-refractivity contribution is 5.87. The number of amides is 1. The maximum Gasteiger partial charge on any atom is 0.247 e. The number of hydrazone groups is 1. The van der Waals surface area contributed by atoms with Crippen LogP contribution in [0.15, 0.2) is 41.5 Å². The monoisotopic (exact) mass is 362 g/mol. The Morgan fingerprint density at radius 2 is 1.92 bits per heavy atom. The van der Waals surface area contributed by atoms with Crippen molar-refractivity contribution < 1.29 is 20.1 Å². The fourth-order valence-corrected chi connectivity index (χ4v) is 2.14. The van der Waals surface area contributed by atoms with Crippen LogP contribution < -0.4 is 5.43 Å². The zero-order valence-electron chi connectivity index (χ0n) is 12.8. The van der Waals surface area contributed by atoms with Crippen LogP contribution in [-0.2, 0) is 11.2 Å². The molecule has 0 fully saturated rings. The van der Waals surface area contributed by atoms with Crippen molar-refractivity contribution >= 4 is 35.6 Å². The standard InChI is InChI=1S/C16H14N4O4.ClH/c21-12-6-5-9(15(23)16(12)24)8-17-20-14(22)7-13-18-10-3-1-2-4-11(10)19-13;/h1-6,8,21,23-24H,7H2,(H,18,19)(H,20,22);1H.